The zero-order valence-electron chi connectivity index (χ0n) is 19.5. The number of esters is 1. The van der Waals surface area contributed by atoms with Crippen molar-refractivity contribution < 1.29 is 19.1 Å². The molecule has 2 aromatic carbocycles. The van der Waals surface area contributed by atoms with Crippen molar-refractivity contribution in [3.05, 3.63) is 65.2 Å². The van der Waals surface area contributed by atoms with Gasteiger partial charge in [0.15, 0.2) is 0 Å². The summed E-state index contributed by atoms with van der Waals surface area (Å²) in [6.07, 6.45) is 2.16. The van der Waals surface area contributed by atoms with Crippen LogP contribution in [0.2, 0.25) is 0 Å². The zero-order chi connectivity index (χ0) is 23.1. The highest BCUT2D eigenvalue weighted by atomic mass is 16.6. The predicted molar refractivity (Wildman–Crippen MR) is 126 cm³/mol. The lowest BCUT2D eigenvalue weighted by Crippen LogP contribution is -2.38. The Morgan fingerprint density at radius 3 is 2.59 bits per heavy atom. The maximum atomic E-state index is 12.0. The van der Waals surface area contributed by atoms with Crippen LogP contribution < -0.4 is 10.2 Å². The number of rotatable bonds is 8. The Balaban J connectivity index is 1.44. The summed E-state index contributed by atoms with van der Waals surface area (Å²) in [6.45, 7) is 9.79. The van der Waals surface area contributed by atoms with E-state index in [-0.39, 0.29) is 18.1 Å². The van der Waals surface area contributed by atoms with Gasteiger partial charge in [0.2, 0.25) is 0 Å². The van der Waals surface area contributed by atoms with Gasteiger partial charge < -0.3 is 19.7 Å². The second kappa shape index (κ2) is 10.5. The number of ether oxygens (including phenoxy) is 2. The van der Waals surface area contributed by atoms with Gasteiger partial charge in [0.05, 0.1) is 12.2 Å². The van der Waals surface area contributed by atoms with E-state index in [1.165, 1.54) is 16.8 Å². The molecule has 1 aliphatic rings. The van der Waals surface area contributed by atoms with Crippen molar-refractivity contribution in [2.24, 2.45) is 0 Å². The van der Waals surface area contributed by atoms with Crippen molar-refractivity contribution >= 4 is 17.7 Å². The fourth-order valence-corrected chi connectivity index (χ4v) is 3.87. The van der Waals surface area contributed by atoms with Crippen LogP contribution in [0.25, 0.3) is 0 Å². The second-order valence-corrected chi connectivity index (χ2v) is 9.31. The molecule has 0 saturated heterocycles. The van der Waals surface area contributed by atoms with Crippen LogP contribution in [0, 0.1) is 0 Å². The first-order valence-corrected chi connectivity index (χ1v) is 11.3. The number of hydrogen-bond donors (Lipinski definition) is 1. The monoisotopic (exact) mass is 438 g/mol. The maximum absolute atomic E-state index is 12.0. The molecule has 6 nitrogen and oxygen atoms in total. The fourth-order valence-electron chi connectivity index (χ4n) is 3.87. The molecule has 1 heterocycles. The van der Waals surface area contributed by atoms with E-state index in [2.05, 4.69) is 28.4 Å². The Kier molecular flexibility index (Phi) is 7.78. The van der Waals surface area contributed by atoms with Gasteiger partial charge in [0.25, 0.3) is 0 Å². The average Bonchev–Trinajstić information content (AvgIpc) is 3.12. The van der Waals surface area contributed by atoms with Crippen LogP contribution >= 0.6 is 0 Å². The molecule has 172 valence electrons. The topological polar surface area (TPSA) is 67.9 Å². The lowest BCUT2D eigenvalue weighted by molar-refractivity contribution is 0.0494. The predicted octanol–water partition coefficient (Wildman–Crippen LogP) is 4.75. The number of nitrogens with one attached hydrogen (secondary N) is 1. The minimum Gasteiger partial charge on any atom is -0.462 e. The summed E-state index contributed by atoms with van der Waals surface area (Å²) in [5, 5.41) is 2.90. The molecule has 1 atom stereocenters. The third-order valence-electron chi connectivity index (χ3n) is 5.26. The zero-order valence-corrected chi connectivity index (χ0v) is 19.5. The summed E-state index contributed by atoms with van der Waals surface area (Å²) in [7, 11) is 0. The van der Waals surface area contributed by atoms with Crippen molar-refractivity contribution in [1.29, 1.82) is 0 Å². The Bertz CT molecular complexity index is 921. The third-order valence-corrected chi connectivity index (χ3v) is 5.26. The van der Waals surface area contributed by atoms with Crippen molar-refractivity contribution in [2.75, 3.05) is 24.6 Å². The van der Waals surface area contributed by atoms with Gasteiger partial charge in [0, 0.05) is 24.8 Å². The second-order valence-electron chi connectivity index (χ2n) is 9.31. The van der Waals surface area contributed by atoms with Crippen LogP contribution in [-0.4, -0.2) is 43.4 Å². The first-order chi connectivity index (χ1) is 15.2. The number of carbonyl (C=O) groups is 2. The lowest BCUT2D eigenvalue weighted by Gasteiger charge is -2.22. The molecule has 0 bridgehead atoms. The van der Waals surface area contributed by atoms with Gasteiger partial charge in [0.1, 0.15) is 5.60 Å². The molecule has 1 aliphatic heterocycles. The average molecular weight is 439 g/mol. The van der Waals surface area contributed by atoms with E-state index in [4.69, 9.17) is 9.47 Å². The lowest BCUT2D eigenvalue weighted by atomic mass is 10.0. The molecular weight excluding hydrogens is 404 g/mol. The number of anilines is 1. The molecule has 0 saturated carbocycles. The normalized spacial score (nSPS) is 13.9. The van der Waals surface area contributed by atoms with Crippen LogP contribution in [0.1, 0.15) is 55.6 Å². The number of nitrogens with zero attached hydrogens (tertiary/aromatic N) is 1. The highest BCUT2D eigenvalue weighted by Crippen LogP contribution is 2.29. The maximum Gasteiger partial charge on any atom is 0.407 e. The summed E-state index contributed by atoms with van der Waals surface area (Å²) in [6, 6.07) is 15.6. The van der Waals surface area contributed by atoms with Crippen LogP contribution in [-0.2, 0) is 22.3 Å². The van der Waals surface area contributed by atoms with Gasteiger partial charge in [-0.3, -0.25) is 0 Å². The van der Waals surface area contributed by atoms with Gasteiger partial charge in [-0.25, -0.2) is 9.59 Å². The number of amides is 1. The number of benzene rings is 2. The molecule has 0 radical (unpaired) electrons. The standard InChI is InChI=1S/C26H34N2O4/c1-19(27-25(30)32-26(2,3)4)17-20-11-12-23-22(18-20)13-15-28(23)14-8-16-31-24(29)21-9-6-5-7-10-21/h5-7,9-12,18-19H,8,13-17H2,1-4H3,(H,27,30)/t19-/m1/s1. The van der Waals surface area contributed by atoms with Crippen molar-refractivity contribution in [1.82, 2.24) is 5.32 Å². The number of hydrogen-bond acceptors (Lipinski definition) is 5. The Morgan fingerprint density at radius 2 is 1.88 bits per heavy atom. The van der Waals surface area contributed by atoms with Gasteiger partial charge in [-0.1, -0.05) is 30.3 Å². The SMILES string of the molecule is C[C@H](Cc1ccc2c(c1)CCN2CCCOC(=O)c1ccccc1)NC(=O)OC(C)(C)C. The summed E-state index contributed by atoms with van der Waals surface area (Å²) in [5.41, 5.74) is 3.86. The fraction of sp³-hybridized carbons (Fsp3) is 0.462. The first kappa shape index (κ1) is 23.6. The molecule has 0 aliphatic carbocycles. The third kappa shape index (κ3) is 7.01. The molecule has 1 amide bonds. The van der Waals surface area contributed by atoms with Gasteiger partial charge in [-0.2, -0.15) is 0 Å². The minimum absolute atomic E-state index is 0.0142. The smallest absolute Gasteiger partial charge is 0.407 e. The minimum atomic E-state index is -0.499. The van der Waals surface area contributed by atoms with Crippen molar-refractivity contribution in [2.45, 2.75) is 58.6 Å². The summed E-state index contributed by atoms with van der Waals surface area (Å²) >= 11 is 0. The molecule has 3 rings (SSSR count). The van der Waals surface area contributed by atoms with E-state index in [1.54, 1.807) is 12.1 Å². The van der Waals surface area contributed by atoms with Crippen LogP contribution in [0.15, 0.2) is 48.5 Å². The van der Waals surface area contributed by atoms with Gasteiger partial charge >= 0.3 is 12.1 Å². The van der Waals surface area contributed by atoms with Crippen LogP contribution in [0.4, 0.5) is 10.5 Å². The highest BCUT2D eigenvalue weighted by molar-refractivity contribution is 5.89. The Hall–Kier alpha value is -3.02. The molecule has 32 heavy (non-hydrogen) atoms. The van der Waals surface area contributed by atoms with Crippen molar-refractivity contribution in [3.8, 4) is 0 Å². The summed E-state index contributed by atoms with van der Waals surface area (Å²) in [5.74, 6) is -0.272. The first-order valence-electron chi connectivity index (χ1n) is 11.3. The van der Waals surface area contributed by atoms with E-state index in [0.717, 1.165) is 32.4 Å². The quantitative estimate of drug-likeness (QED) is 0.476. The molecule has 0 spiro atoms. The Labute approximate surface area is 190 Å². The molecule has 2 aromatic rings. The van der Waals surface area contributed by atoms with Crippen LogP contribution in [0.5, 0.6) is 0 Å². The molecule has 0 fully saturated rings. The van der Waals surface area contributed by atoms with Crippen molar-refractivity contribution in [3.63, 3.8) is 0 Å². The number of fused-ring (bicyclic) bond motifs is 1. The molecule has 6 heteroatoms. The van der Waals surface area contributed by atoms with Gasteiger partial charge in [-0.05, 0) is 76.3 Å². The summed E-state index contributed by atoms with van der Waals surface area (Å²) in [4.78, 5) is 26.3. The molecular formula is C26H34N2O4. The summed E-state index contributed by atoms with van der Waals surface area (Å²) < 4.78 is 10.7. The number of alkyl carbamates (subject to hydrolysis) is 1. The van der Waals surface area contributed by atoms with E-state index in [1.807, 2.05) is 45.9 Å². The van der Waals surface area contributed by atoms with E-state index >= 15 is 0 Å². The van der Waals surface area contributed by atoms with E-state index in [9.17, 15) is 9.59 Å². The molecule has 1 N–H and O–H groups in total. The molecule has 0 aromatic heterocycles. The van der Waals surface area contributed by atoms with E-state index < -0.39 is 5.60 Å². The van der Waals surface area contributed by atoms with Crippen LogP contribution in [0.3, 0.4) is 0 Å². The van der Waals surface area contributed by atoms with E-state index in [0.29, 0.717) is 12.2 Å². The largest absolute Gasteiger partial charge is 0.462 e. The number of carbonyl (C=O) groups excluding carboxylic acids is 2. The Morgan fingerprint density at radius 1 is 1.12 bits per heavy atom. The molecule has 0 unspecified atom stereocenters. The van der Waals surface area contributed by atoms with Gasteiger partial charge in [-0.15, -0.1) is 0 Å². The highest BCUT2D eigenvalue weighted by Gasteiger charge is 2.21.